The number of hydrogen-bond donors (Lipinski definition) is 0. The molecule has 0 saturated heterocycles. The molecule has 1 aromatic heterocycles. The Bertz CT molecular complexity index is 770. The van der Waals surface area contributed by atoms with Crippen molar-refractivity contribution < 1.29 is 4.39 Å². The second-order valence-corrected chi connectivity index (χ2v) is 6.22. The summed E-state index contributed by atoms with van der Waals surface area (Å²) >= 11 is 1.55. The zero-order valence-corrected chi connectivity index (χ0v) is 13.7. The molecule has 3 rings (SSSR count). The molecule has 0 N–H and O–H groups in total. The number of halogens is 1. The molecule has 0 aliphatic heterocycles. The van der Waals surface area contributed by atoms with Gasteiger partial charge in [-0.15, -0.1) is 10.2 Å². The van der Waals surface area contributed by atoms with Crippen molar-refractivity contribution in [3.63, 3.8) is 0 Å². The Morgan fingerprint density at radius 1 is 0.913 bits per heavy atom. The first kappa shape index (κ1) is 15.7. The zero-order valence-electron chi connectivity index (χ0n) is 12.9. The number of rotatable bonds is 5. The third kappa shape index (κ3) is 4.17. The van der Waals surface area contributed by atoms with Crippen LogP contribution in [0.1, 0.15) is 18.1 Å². The van der Waals surface area contributed by atoms with Crippen LogP contribution in [0.15, 0.2) is 65.7 Å². The average Bonchev–Trinajstić information content (AvgIpc) is 2.61. The fourth-order valence-corrected chi connectivity index (χ4v) is 3.00. The van der Waals surface area contributed by atoms with Gasteiger partial charge in [-0.05, 0) is 41.8 Å². The molecule has 116 valence electrons. The van der Waals surface area contributed by atoms with Crippen molar-refractivity contribution in [1.82, 2.24) is 10.2 Å². The maximum Gasteiger partial charge on any atom is 0.123 e. The predicted molar refractivity (Wildman–Crippen MR) is 92.8 cm³/mol. The van der Waals surface area contributed by atoms with Crippen LogP contribution in [0.25, 0.3) is 11.3 Å². The van der Waals surface area contributed by atoms with Crippen molar-refractivity contribution in [2.24, 2.45) is 0 Å². The predicted octanol–water partition coefficient (Wildman–Crippen LogP) is 5.14. The SMILES string of the molecule is CCc1ccc(-c2ccc(SCc3cccc(F)c3)nn2)cc1. The third-order valence-electron chi connectivity index (χ3n) is 3.57. The van der Waals surface area contributed by atoms with Gasteiger partial charge in [0.25, 0.3) is 0 Å². The van der Waals surface area contributed by atoms with Crippen LogP contribution < -0.4 is 0 Å². The number of aromatic nitrogens is 2. The maximum absolute atomic E-state index is 13.2. The number of benzene rings is 2. The van der Waals surface area contributed by atoms with E-state index in [9.17, 15) is 4.39 Å². The van der Waals surface area contributed by atoms with Gasteiger partial charge in [0.2, 0.25) is 0 Å². The van der Waals surface area contributed by atoms with Crippen LogP contribution in [0.2, 0.25) is 0 Å². The van der Waals surface area contributed by atoms with E-state index in [2.05, 4.69) is 41.4 Å². The molecule has 0 aliphatic carbocycles. The van der Waals surface area contributed by atoms with E-state index in [0.29, 0.717) is 5.75 Å². The van der Waals surface area contributed by atoms with Crippen LogP contribution in [0.5, 0.6) is 0 Å². The van der Waals surface area contributed by atoms with Crippen LogP contribution in [-0.2, 0) is 12.2 Å². The highest BCUT2D eigenvalue weighted by molar-refractivity contribution is 7.98. The van der Waals surface area contributed by atoms with E-state index in [0.717, 1.165) is 28.3 Å². The Morgan fingerprint density at radius 2 is 1.74 bits per heavy atom. The second kappa shape index (κ2) is 7.38. The van der Waals surface area contributed by atoms with E-state index in [-0.39, 0.29) is 5.82 Å². The van der Waals surface area contributed by atoms with Crippen LogP contribution in [0.4, 0.5) is 4.39 Å². The standard InChI is InChI=1S/C19H17FN2S/c1-2-14-6-8-16(9-7-14)18-10-11-19(22-21-18)23-13-15-4-3-5-17(20)12-15/h3-12H,2,13H2,1H3. The maximum atomic E-state index is 13.2. The van der Waals surface area contributed by atoms with E-state index in [4.69, 9.17) is 0 Å². The minimum Gasteiger partial charge on any atom is -0.207 e. The van der Waals surface area contributed by atoms with E-state index in [1.165, 1.54) is 11.6 Å². The fourth-order valence-electron chi connectivity index (χ4n) is 2.25. The number of hydrogen-bond acceptors (Lipinski definition) is 3. The lowest BCUT2D eigenvalue weighted by Crippen LogP contribution is -1.91. The van der Waals surface area contributed by atoms with Gasteiger partial charge in [-0.3, -0.25) is 0 Å². The van der Waals surface area contributed by atoms with Crippen LogP contribution in [-0.4, -0.2) is 10.2 Å². The molecule has 2 nitrogen and oxygen atoms in total. The topological polar surface area (TPSA) is 25.8 Å². The van der Waals surface area contributed by atoms with Gasteiger partial charge in [-0.25, -0.2) is 4.39 Å². The summed E-state index contributed by atoms with van der Waals surface area (Å²) in [6.07, 6.45) is 1.03. The minimum atomic E-state index is -0.208. The molecule has 0 spiro atoms. The zero-order chi connectivity index (χ0) is 16.1. The van der Waals surface area contributed by atoms with E-state index >= 15 is 0 Å². The van der Waals surface area contributed by atoms with Crippen LogP contribution in [0, 0.1) is 5.82 Å². The molecule has 0 unspecified atom stereocenters. The number of aryl methyl sites for hydroxylation is 1. The summed E-state index contributed by atoms with van der Waals surface area (Å²) in [6.45, 7) is 2.14. The molecular weight excluding hydrogens is 307 g/mol. The molecule has 0 radical (unpaired) electrons. The van der Waals surface area contributed by atoms with Crippen molar-refractivity contribution in [2.45, 2.75) is 24.1 Å². The second-order valence-electron chi connectivity index (χ2n) is 5.23. The summed E-state index contributed by atoms with van der Waals surface area (Å²) in [5.41, 5.74) is 4.18. The highest BCUT2D eigenvalue weighted by Gasteiger charge is 2.03. The Labute approximate surface area is 139 Å². The first-order valence-corrected chi connectivity index (χ1v) is 8.53. The molecule has 3 aromatic rings. The van der Waals surface area contributed by atoms with Crippen molar-refractivity contribution in [3.05, 3.63) is 77.6 Å². The fraction of sp³-hybridized carbons (Fsp3) is 0.158. The Kier molecular flexibility index (Phi) is 5.03. The van der Waals surface area contributed by atoms with Crippen molar-refractivity contribution in [1.29, 1.82) is 0 Å². The molecule has 0 atom stereocenters. The molecule has 4 heteroatoms. The van der Waals surface area contributed by atoms with Crippen molar-refractivity contribution >= 4 is 11.8 Å². The molecule has 0 bridgehead atoms. The highest BCUT2D eigenvalue weighted by Crippen LogP contribution is 2.23. The number of nitrogens with zero attached hydrogens (tertiary/aromatic N) is 2. The lowest BCUT2D eigenvalue weighted by Gasteiger charge is -2.04. The first-order valence-electron chi connectivity index (χ1n) is 7.55. The van der Waals surface area contributed by atoms with E-state index < -0.39 is 0 Å². The smallest absolute Gasteiger partial charge is 0.123 e. The molecule has 0 fully saturated rings. The van der Waals surface area contributed by atoms with Gasteiger partial charge in [-0.1, -0.05) is 55.1 Å². The molecule has 23 heavy (non-hydrogen) atoms. The minimum absolute atomic E-state index is 0.208. The summed E-state index contributed by atoms with van der Waals surface area (Å²) < 4.78 is 13.2. The molecule has 0 saturated carbocycles. The average molecular weight is 324 g/mol. The Hall–Kier alpha value is -2.20. The van der Waals surface area contributed by atoms with Crippen molar-refractivity contribution in [2.75, 3.05) is 0 Å². The molecule has 2 aromatic carbocycles. The molecule has 0 amide bonds. The van der Waals surface area contributed by atoms with E-state index in [1.807, 2.05) is 18.2 Å². The van der Waals surface area contributed by atoms with Gasteiger partial charge in [0.05, 0.1) is 5.69 Å². The quantitative estimate of drug-likeness (QED) is 0.608. The number of thioether (sulfide) groups is 1. The summed E-state index contributed by atoms with van der Waals surface area (Å²) in [4.78, 5) is 0. The summed E-state index contributed by atoms with van der Waals surface area (Å²) in [5, 5.41) is 9.38. The van der Waals surface area contributed by atoms with Gasteiger partial charge in [0, 0.05) is 11.3 Å². The third-order valence-corrected chi connectivity index (χ3v) is 4.56. The Morgan fingerprint density at radius 3 is 2.39 bits per heavy atom. The van der Waals surface area contributed by atoms with Gasteiger partial charge in [0.15, 0.2) is 0 Å². The van der Waals surface area contributed by atoms with Crippen molar-refractivity contribution in [3.8, 4) is 11.3 Å². The first-order chi connectivity index (χ1) is 11.2. The summed E-state index contributed by atoms with van der Waals surface area (Å²) in [6, 6.07) is 18.9. The summed E-state index contributed by atoms with van der Waals surface area (Å²) in [7, 11) is 0. The van der Waals surface area contributed by atoms with Crippen LogP contribution >= 0.6 is 11.8 Å². The largest absolute Gasteiger partial charge is 0.207 e. The normalized spacial score (nSPS) is 10.7. The van der Waals surface area contributed by atoms with Gasteiger partial charge in [0.1, 0.15) is 10.8 Å². The summed E-state index contributed by atoms with van der Waals surface area (Å²) in [5.74, 6) is 0.469. The van der Waals surface area contributed by atoms with Crippen LogP contribution in [0.3, 0.4) is 0 Å². The highest BCUT2D eigenvalue weighted by atomic mass is 32.2. The lowest BCUT2D eigenvalue weighted by molar-refractivity contribution is 0.626. The van der Waals surface area contributed by atoms with Gasteiger partial charge in [-0.2, -0.15) is 0 Å². The monoisotopic (exact) mass is 324 g/mol. The lowest BCUT2D eigenvalue weighted by atomic mass is 10.1. The van der Waals surface area contributed by atoms with Gasteiger partial charge >= 0.3 is 0 Å². The molecule has 1 heterocycles. The molecule has 0 aliphatic rings. The Balaban J connectivity index is 1.66. The molecular formula is C19H17FN2S. The van der Waals surface area contributed by atoms with E-state index in [1.54, 1.807) is 23.9 Å². The van der Waals surface area contributed by atoms with Gasteiger partial charge < -0.3 is 0 Å².